The van der Waals surface area contributed by atoms with Gasteiger partial charge in [-0.3, -0.25) is 4.79 Å². The minimum Gasteiger partial charge on any atom is -0.396 e. The van der Waals surface area contributed by atoms with Gasteiger partial charge in [-0.1, -0.05) is 12.1 Å². The van der Waals surface area contributed by atoms with Crippen molar-refractivity contribution in [2.45, 2.75) is 58.2 Å². The van der Waals surface area contributed by atoms with Crippen molar-refractivity contribution >= 4 is 34.2 Å². The number of nitrogen functional groups attached to an aromatic ring is 1. The number of benzene rings is 2. The molecule has 3 aromatic rings. The highest BCUT2D eigenvalue weighted by atomic mass is 16.2. The second-order valence-corrected chi connectivity index (χ2v) is 9.63. The maximum atomic E-state index is 12.6. The Morgan fingerprint density at radius 1 is 1.06 bits per heavy atom. The predicted octanol–water partition coefficient (Wildman–Crippen LogP) is 4.72. The number of nitrogens with one attached hydrogen (secondary N) is 3. The van der Waals surface area contributed by atoms with Crippen LogP contribution in [0.5, 0.6) is 0 Å². The lowest BCUT2D eigenvalue weighted by molar-refractivity contribution is 0.0951. The SMILES string of the molecule is CC(C)NC(=O)Nc1ccc(-c2c(N)c3ccc(C(=O)NC4CC4)cc3n2CC2CC2)cc1. The highest BCUT2D eigenvalue weighted by molar-refractivity contribution is 6.05. The Bertz CT molecular complexity index is 1200. The number of carbonyl (C=O) groups excluding carboxylic acids is 2. The fourth-order valence-electron chi connectivity index (χ4n) is 4.21. The lowest BCUT2D eigenvalue weighted by Gasteiger charge is -2.13. The van der Waals surface area contributed by atoms with E-state index < -0.39 is 0 Å². The van der Waals surface area contributed by atoms with Crippen LogP contribution in [0.25, 0.3) is 22.2 Å². The van der Waals surface area contributed by atoms with Gasteiger partial charge in [0.25, 0.3) is 5.91 Å². The van der Waals surface area contributed by atoms with Crippen LogP contribution >= 0.6 is 0 Å². The molecule has 0 spiro atoms. The highest BCUT2D eigenvalue weighted by Crippen LogP contribution is 2.40. The van der Waals surface area contributed by atoms with Crippen LogP contribution in [0.1, 0.15) is 49.9 Å². The van der Waals surface area contributed by atoms with Crippen LogP contribution in [0.3, 0.4) is 0 Å². The van der Waals surface area contributed by atoms with Crippen LogP contribution in [-0.2, 0) is 6.54 Å². The fourth-order valence-corrected chi connectivity index (χ4v) is 4.21. The summed E-state index contributed by atoms with van der Waals surface area (Å²) >= 11 is 0. The van der Waals surface area contributed by atoms with Crippen LogP contribution in [0.4, 0.5) is 16.2 Å². The number of amides is 3. The molecule has 33 heavy (non-hydrogen) atoms. The normalized spacial score (nSPS) is 15.6. The number of urea groups is 1. The molecule has 0 bridgehead atoms. The number of nitrogens with zero attached hydrogens (tertiary/aromatic N) is 1. The number of carbonyl (C=O) groups is 2. The van der Waals surface area contributed by atoms with Crippen molar-refractivity contribution in [2.75, 3.05) is 11.1 Å². The zero-order valence-electron chi connectivity index (χ0n) is 19.2. The number of anilines is 2. The summed E-state index contributed by atoms with van der Waals surface area (Å²) in [5.74, 6) is 0.622. The maximum Gasteiger partial charge on any atom is 0.319 e. The van der Waals surface area contributed by atoms with Gasteiger partial charge in [-0.05, 0) is 75.8 Å². The molecule has 2 aliphatic rings. The summed E-state index contributed by atoms with van der Waals surface area (Å²) < 4.78 is 2.27. The number of hydrogen-bond donors (Lipinski definition) is 4. The molecule has 0 atom stereocenters. The molecule has 5 rings (SSSR count). The standard InChI is InChI=1S/C26H31N5O2/c1-15(2)28-26(33)30-20-8-5-17(6-9-20)24-23(27)21-12-7-18(25(32)29-19-10-11-19)13-22(21)31(24)14-16-3-4-16/h5-9,12-13,15-16,19H,3-4,10-11,14,27H2,1-2H3,(H,29,32)(H2,28,30,33). The molecule has 2 aromatic carbocycles. The molecular weight excluding hydrogens is 414 g/mol. The van der Waals surface area contributed by atoms with E-state index in [1.54, 1.807) is 0 Å². The zero-order valence-corrected chi connectivity index (χ0v) is 19.2. The van der Waals surface area contributed by atoms with E-state index in [4.69, 9.17) is 5.73 Å². The molecule has 1 aromatic heterocycles. The Morgan fingerprint density at radius 3 is 2.42 bits per heavy atom. The zero-order chi connectivity index (χ0) is 23.1. The summed E-state index contributed by atoms with van der Waals surface area (Å²) in [5.41, 5.74) is 11.7. The first-order valence-electron chi connectivity index (χ1n) is 11.8. The van der Waals surface area contributed by atoms with Gasteiger partial charge in [0.15, 0.2) is 0 Å². The lowest BCUT2D eigenvalue weighted by atomic mass is 10.1. The molecule has 3 amide bonds. The van der Waals surface area contributed by atoms with Gasteiger partial charge < -0.3 is 26.3 Å². The first-order chi connectivity index (χ1) is 15.9. The molecule has 1 heterocycles. The summed E-state index contributed by atoms with van der Waals surface area (Å²) in [6, 6.07) is 13.7. The van der Waals surface area contributed by atoms with Crippen LogP contribution in [-0.4, -0.2) is 28.6 Å². The molecule has 2 fully saturated rings. The number of hydrogen-bond acceptors (Lipinski definition) is 3. The Hall–Kier alpha value is -3.48. The summed E-state index contributed by atoms with van der Waals surface area (Å²) in [5, 5.41) is 9.72. The monoisotopic (exact) mass is 445 g/mol. The van der Waals surface area contributed by atoms with Crippen LogP contribution in [0.15, 0.2) is 42.5 Å². The van der Waals surface area contributed by atoms with E-state index in [0.29, 0.717) is 17.5 Å². The molecule has 0 saturated heterocycles. The average molecular weight is 446 g/mol. The molecule has 0 radical (unpaired) electrons. The van der Waals surface area contributed by atoms with Gasteiger partial charge in [-0.25, -0.2) is 4.79 Å². The van der Waals surface area contributed by atoms with Crippen molar-refractivity contribution in [3.63, 3.8) is 0 Å². The molecule has 7 nitrogen and oxygen atoms in total. The Morgan fingerprint density at radius 2 is 1.79 bits per heavy atom. The minimum atomic E-state index is -0.225. The van der Waals surface area contributed by atoms with Crippen molar-refractivity contribution in [1.29, 1.82) is 0 Å². The summed E-state index contributed by atoms with van der Waals surface area (Å²) in [6.45, 7) is 4.73. The largest absolute Gasteiger partial charge is 0.396 e. The van der Waals surface area contributed by atoms with Gasteiger partial charge in [-0.2, -0.15) is 0 Å². The highest BCUT2D eigenvalue weighted by Gasteiger charge is 2.27. The summed E-state index contributed by atoms with van der Waals surface area (Å²) in [7, 11) is 0. The van der Waals surface area contributed by atoms with Gasteiger partial charge in [0.1, 0.15) is 0 Å². The van der Waals surface area contributed by atoms with Crippen molar-refractivity contribution < 1.29 is 9.59 Å². The molecule has 172 valence electrons. The molecular formula is C26H31N5O2. The first kappa shape index (κ1) is 21.4. The third-order valence-corrected chi connectivity index (χ3v) is 6.25. The number of rotatable bonds is 7. The quantitative estimate of drug-likeness (QED) is 0.423. The van der Waals surface area contributed by atoms with Crippen LogP contribution < -0.4 is 21.7 Å². The smallest absolute Gasteiger partial charge is 0.319 e. The second kappa shape index (κ2) is 8.46. The average Bonchev–Trinajstić information content (AvgIpc) is 3.70. The van der Waals surface area contributed by atoms with E-state index in [-0.39, 0.29) is 18.0 Å². The van der Waals surface area contributed by atoms with Gasteiger partial charge in [0, 0.05) is 40.8 Å². The van der Waals surface area contributed by atoms with Gasteiger partial charge in [0.05, 0.1) is 16.9 Å². The molecule has 0 aliphatic heterocycles. The molecule has 2 saturated carbocycles. The Balaban J connectivity index is 1.49. The predicted molar refractivity (Wildman–Crippen MR) is 132 cm³/mol. The molecule has 5 N–H and O–H groups in total. The van der Waals surface area contributed by atoms with E-state index >= 15 is 0 Å². The van der Waals surface area contributed by atoms with Crippen LogP contribution in [0, 0.1) is 5.92 Å². The van der Waals surface area contributed by atoms with Crippen molar-refractivity contribution in [1.82, 2.24) is 15.2 Å². The van der Waals surface area contributed by atoms with Gasteiger partial charge in [0.2, 0.25) is 0 Å². The van der Waals surface area contributed by atoms with Gasteiger partial charge >= 0.3 is 6.03 Å². The topological polar surface area (TPSA) is 101 Å². The van der Waals surface area contributed by atoms with Crippen molar-refractivity contribution in [3.8, 4) is 11.3 Å². The maximum absolute atomic E-state index is 12.6. The lowest BCUT2D eigenvalue weighted by Crippen LogP contribution is -2.34. The summed E-state index contributed by atoms with van der Waals surface area (Å²) in [6.07, 6.45) is 4.56. The van der Waals surface area contributed by atoms with E-state index in [0.717, 1.165) is 52.9 Å². The van der Waals surface area contributed by atoms with E-state index in [1.165, 1.54) is 12.8 Å². The fraction of sp³-hybridized carbons (Fsp3) is 0.385. The molecule has 2 aliphatic carbocycles. The Kier molecular flexibility index (Phi) is 5.48. The Labute approximate surface area is 193 Å². The third-order valence-electron chi connectivity index (χ3n) is 6.25. The van der Waals surface area contributed by atoms with Crippen molar-refractivity contribution in [3.05, 3.63) is 48.0 Å². The van der Waals surface area contributed by atoms with E-state index in [9.17, 15) is 9.59 Å². The number of aromatic nitrogens is 1. The minimum absolute atomic E-state index is 0.0196. The molecule has 0 unspecified atom stereocenters. The van der Waals surface area contributed by atoms with Gasteiger partial charge in [-0.15, -0.1) is 0 Å². The van der Waals surface area contributed by atoms with E-state index in [2.05, 4.69) is 20.5 Å². The second-order valence-electron chi connectivity index (χ2n) is 9.63. The molecule has 7 heteroatoms. The third kappa shape index (κ3) is 4.67. The van der Waals surface area contributed by atoms with Crippen molar-refractivity contribution in [2.24, 2.45) is 5.92 Å². The number of nitrogens with two attached hydrogens (primary N) is 1. The van der Waals surface area contributed by atoms with Crippen LogP contribution in [0.2, 0.25) is 0 Å². The summed E-state index contributed by atoms with van der Waals surface area (Å²) in [4.78, 5) is 24.7. The number of fused-ring (bicyclic) bond motifs is 1. The van der Waals surface area contributed by atoms with E-state index in [1.807, 2.05) is 56.3 Å². The first-order valence-corrected chi connectivity index (χ1v) is 11.8.